The number of furan rings is 1. The van der Waals surface area contributed by atoms with Gasteiger partial charge in [0.15, 0.2) is 0 Å². The van der Waals surface area contributed by atoms with Crippen LogP contribution in [0.15, 0.2) is 26.0 Å². The van der Waals surface area contributed by atoms with Gasteiger partial charge in [0.1, 0.15) is 5.76 Å². The van der Waals surface area contributed by atoms with Crippen LogP contribution in [0.3, 0.4) is 0 Å². The minimum Gasteiger partial charge on any atom is -0.413 e. The molecule has 6 heteroatoms. The molecule has 1 aromatic heterocycles. The van der Waals surface area contributed by atoms with Gasteiger partial charge in [-0.3, -0.25) is 0 Å². The third kappa shape index (κ3) is 3.56. The normalized spacial score (nSPS) is 16.0. The van der Waals surface area contributed by atoms with Crippen LogP contribution in [-0.4, -0.2) is 11.1 Å². The zero-order chi connectivity index (χ0) is 19.2. The number of hydrogen-bond acceptors (Lipinski definition) is 3. The molecule has 0 saturated carbocycles. The van der Waals surface area contributed by atoms with Crippen LogP contribution in [-0.2, 0) is 42.8 Å². The molecule has 1 heterocycles. The van der Waals surface area contributed by atoms with Gasteiger partial charge in [-0.05, 0) is 81.5 Å². The van der Waals surface area contributed by atoms with E-state index in [2.05, 4.69) is 15.7 Å². The molecule has 142 valence electrons. The monoisotopic (exact) mass is 385 g/mol. The van der Waals surface area contributed by atoms with Crippen molar-refractivity contribution in [2.24, 2.45) is 4.36 Å². The van der Waals surface area contributed by atoms with Crippen LogP contribution in [0.2, 0.25) is 0 Å². The highest BCUT2D eigenvalue weighted by Crippen LogP contribution is 2.38. The zero-order valence-electron chi connectivity index (χ0n) is 16.0. The van der Waals surface area contributed by atoms with Crippen LogP contribution in [0.5, 0.6) is 0 Å². The summed E-state index contributed by atoms with van der Waals surface area (Å²) in [6.45, 7) is 5.22. The molecule has 4 rings (SSSR count). The van der Waals surface area contributed by atoms with Gasteiger partial charge in [-0.25, -0.2) is 4.79 Å². The molecule has 1 aromatic carbocycles. The number of aryl methyl sites for hydroxylation is 3. The van der Waals surface area contributed by atoms with Gasteiger partial charge in [0.05, 0.1) is 16.0 Å². The molecule has 27 heavy (non-hydrogen) atoms. The smallest absolute Gasteiger partial charge is 0.413 e. The summed E-state index contributed by atoms with van der Waals surface area (Å²) in [4.78, 5) is 12.5. The first kappa shape index (κ1) is 18.3. The zero-order valence-corrected chi connectivity index (χ0v) is 16.8. The maximum atomic E-state index is 12.5. The van der Waals surface area contributed by atoms with E-state index in [0.717, 1.165) is 55.8 Å². The molecule has 2 N–H and O–H groups in total. The van der Waals surface area contributed by atoms with Gasteiger partial charge in [-0.2, -0.15) is 0 Å². The summed E-state index contributed by atoms with van der Waals surface area (Å²) in [5.41, 5.74) is 6.08. The number of aliphatic hydroxyl groups is 1. The summed E-state index contributed by atoms with van der Waals surface area (Å²) in [5, 5.41) is 13.7. The second kappa shape index (κ2) is 6.84. The van der Waals surface area contributed by atoms with Crippen LogP contribution in [0.4, 0.5) is 10.5 Å². The highest BCUT2D eigenvalue weighted by atomic mass is 32.1. The van der Waals surface area contributed by atoms with Crippen molar-refractivity contribution in [2.45, 2.75) is 70.0 Å². The quantitative estimate of drug-likeness (QED) is 0.755. The SMILES string of the molecule is Cc1oc([S+]=NC(=O)Nc2c3c(cc4c2CCC4)CCC3)cc1C(C)(C)O. The van der Waals surface area contributed by atoms with Gasteiger partial charge < -0.3 is 14.8 Å². The van der Waals surface area contributed by atoms with E-state index < -0.39 is 5.60 Å². The molecule has 0 aliphatic heterocycles. The van der Waals surface area contributed by atoms with Crippen molar-refractivity contribution in [1.82, 2.24) is 0 Å². The Labute approximate surface area is 163 Å². The number of nitrogens with one attached hydrogen (secondary N) is 1. The second-order valence-electron chi connectivity index (χ2n) is 7.94. The summed E-state index contributed by atoms with van der Waals surface area (Å²) < 4.78 is 9.69. The average molecular weight is 386 g/mol. The summed E-state index contributed by atoms with van der Waals surface area (Å²) in [5.74, 6) is 0.638. The topological polar surface area (TPSA) is 74.8 Å². The lowest BCUT2D eigenvalue weighted by atomic mass is 9.99. The van der Waals surface area contributed by atoms with Crippen molar-refractivity contribution in [2.75, 3.05) is 5.32 Å². The van der Waals surface area contributed by atoms with Gasteiger partial charge in [0, 0.05) is 11.3 Å². The molecule has 0 saturated heterocycles. The van der Waals surface area contributed by atoms with Crippen molar-refractivity contribution in [3.63, 3.8) is 0 Å². The van der Waals surface area contributed by atoms with Crippen LogP contribution in [0.25, 0.3) is 0 Å². The van der Waals surface area contributed by atoms with Gasteiger partial charge >= 0.3 is 22.7 Å². The first-order chi connectivity index (χ1) is 12.8. The predicted molar refractivity (Wildman–Crippen MR) is 106 cm³/mol. The standard InChI is InChI=1S/C21H24N2O3S/c1-12-17(21(2,3)25)11-18(26-12)27-23-20(24)22-19-15-8-4-6-13(15)10-14-7-5-9-16(14)19/h10-11,25H,4-9H2,1-3H3/p+1. The van der Waals surface area contributed by atoms with Gasteiger partial charge in [0.25, 0.3) is 0 Å². The van der Waals surface area contributed by atoms with Crippen molar-refractivity contribution in [3.05, 3.63) is 45.7 Å². The number of urea groups is 1. The molecule has 0 bridgehead atoms. The van der Waals surface area contributed by atoms with E-state index in [9.17, 15) is 9.90 Å². The van der Waals surface area contributed by atoms with Crippen molar-refractivity contribution in [3.8, 4) is 0 Å². The lowest BCUT2D eigenvalue weighted by molar-refractivity contribution is 0.0769. The maximum absolute atomic E-state index is 12.5. The predicted octanol–water partition coefficient (Wildman–Crippen LogP) is 4.65. The Hall–Kier alpha value is -2.05. The fourth-order valence-corrected chi connectivity index (χ4v) is 4.84. The summed E-state index contributed by atoms with van der Waals surface area (Å²) in [6, 6.07) is 3.72. The highest BCUT2D eigenvalue weighted by molar-refractivity contribution is 7.68. The van der Waals surface area contributed by atoms with E-state index in [-0.39, 0.29) is 6.03 Å². The number of carbonyl (C=O) groups is 1. The summed E-state index contributed by atoms with van der Waals surface area (Å²) in [6.07, 6.45) is 6.55. The number of rotatable bonds is 3. The van der Waals surface area contributed by atoms with E-state index in [4.69, 9.17) is 4.42 Å². The number of amides is 2. The number of carbonyl (C=O) groups excluding carboxylic acids is 1. The first-order valence-corrected chi connectivity index (χ1v) is 10.3. The fourth-order valence-electron chi connectivity index (χ4n) is 4.29. The molecule has 0 atom stereocenters. The molecule has 2 amide bonds. The minimum atomic E-state index is -0.986. The van der Waals surface area contributed by atoms with E-state index in [1.54, 1.807) is 26.8 Å². The van der Waals surface area contributed by atoms with Crippen LogP contribution in [0.1, 0.15) is 60.3 Å². The lowest BCUT2D eigenvalue weighted by Crippen LogP contribution is -2.15. The molecule has 0 fully saturated rings. The Morgan fingerprint density at radius 1 is 1.15 bits per heavy atom. The van der Waals surface area contributed by atoms with E-state index >= 15 is 0 Å². The third-order valence-electron chi connectivity index (χ3n) is 5.48. The summed E-state index contributed by atoms with van der Waals surface area (Å²) >= 11 is 1.00. The van der Waals surface area contributed by atoms with Crippen molar-refractivity contribution < 1.29 is 14.3 Å². The van der Waals surface area contributed by atoms with Gasteiger partial charge in [0.2, 0.25) is 0 Å². The Bertz CT molecular complexity index is 906. The van der Waals surface area contributed by atoms with Crippen LogP contribution < -0.4 is 5.32 Å². The first-order valence-electron chi connectivity index (χ1n) is 9.52. The van der Waals surface area contributed by atoms with E-state index in [0.29, 0.717) is 16.4 Å². The summed E-state index contributed by atoms with van der Waals surface area (Å²) in [7, 11) is 0. The molecular weight excluding hydrogens is 360 g/mol. The molecule has 5 nitrogen and oxygen atoms in total. The minimum absolute atomic E-state index is 0.367. The molecule has 0 radical (unpaired) electrons. The Morgan fingerprint density at radius 3 is 2.33 bits per heavy atom. The Morgan fingerprint density at radius 2 is 1.78 bits per heavy atom. The Kier molecular flexibility index (Phi) is 4.64. The van der Waals surface area contributed by atoms with E-state index in [1.807, 2.05) is 0 Å². The third-order valence-corrected chi connectivity index (χ3v) is 6.12. The van der Waals surface area contributed by atoms with Crippen molar-refractivity contribution >= 4 is 23.3 Å². The molecule has 2 aromatic rings. The average Bonchev–Trinajstić information content (AvgIpc) is 3.30. The number of nitrogens with zero attached hydrogens (tertiary/aromatic N) is 1. The van der Waals surface area contributed by atoms with Crippen molar-refractivity contribution in [1.29, 1.82) is 0 Å². The van der Waals surface area contributed by atoms with Gasteiger partial charge in [-0.15, -0.1) is 0 Å². The number of anilines is 1. The second-order valence-corrected chi connectivity index (χ2v) is 8.71. The molecule has 2 aliphatic rings. The van der Waals surface area contributed by atoms with Crippen LogP contribution in [0, 0.1) is 6.92 Å². The fraction of sp³-hybridized carbons (Fsp3) is 0.476. The maximum Gasteiger partial charge on any atom is 0.422 e. The Balaban J connectivity index is 1.55. The number of benzene rings is 1. The largest absolute Gasteiger partial charge is 0.422 e. The molecule has 0 unspecified atom stereocenters. The molecular formula is C21H25N2O3S+. The number of fused-ring (bicyclic) bond motifs is 2. The van der Waals surface area contributed by atoms with E-state index in [1.165, 1.54) is 22.3 Å². The van der Waals surface area contributed by atoms with Crippen LogP contribution >= 0.6 is 0 Å². The highest BCUT2D eigenvalue weighted by Gasteiger charge is 2.28. The van der Waals surface area contributed by atoms with Gasteiger partial charge in [-0.1, -0.05) is 6.07 Å². The number of hydrogen-bond donors (Lipinski definition) is 2. The lowest BCUT2D eigenvalue weighted by Gasteiger charge is -2.14. The molecule has 2 aliphatic carbocycles. The molecule has 0 spiro atoms.